The third-order valence-corrected chi connectivity index (χ3v) is 3.46. The zero-order chi connectivity index (χ0) is 15.4. The van der Waals surface area contributed by atoms with E-state index in [1.165, 1.54) is 14.2 Å². The first kappa shape index (κ1) is 15.5. The van der Waals surface area contributed by atoms with Crippen molar-refractivity contribution < 1.29 is 14.3 Å². The van der Waals surface area contributed by atoms with Gasteiger partial charge in [0.05, 0.1) is 19.2 Å². The SMILES string of the molecule is COc1cc(Cl)c(OC)c(N(Cl)C(=O)c2ccccc2)c1. The zero-order valence-electron chi connectivity index (χ0n) is 11.5. The van der Waals surface area contributed by atoms with Crippen molar-refractivity contribution >= 4 is 35.0 Å². The van der Waals surface area contributed by atoms with Crippen molar-refractivity contribution in [2.24, 2.45) is 0 Å². The van der Waals surface area contributed by atoms with Crippen molar-refractivity contribution in [3.8, 4) is 11.5 Å². The van der Waals surface area contributed by atoms with Crippen LogP contribution in [0, 0.1) is 0 Å². The molecule has 0 N–H and O–H groups in total. The van der Waals surface area contributed by atoms with Crippen molar-refractivity contribution in [3.63, 3.8) is 0 Å². The summed E-state index contributed by atoms with van der Waals surface area (Å²) in [6, 6.07) is 11.8. The van der Waals surface area contributed by atoms with E-state index in [-0.39, 0.29) is 5.91 Å². The lowest BCUT2D eigenvalue weighted by atomic mass is 10.2. The fourth-order valence-corrected chi connectivity index (χ4v) is 2.33. The normalized spacial score (nSPS) is 10.1. The Kier molecular flexibility index (Phi) is 4.94. The number of hydrogen-bond donors (Lipinski definition) is 0. The Labute approximate surface area is 132 Å². The van der Waals surface area contributed by atoms with Crippen molar-refractivity contribution in [2.45, 2.75) is 0 Å². The van der Waals surface area contributed by atoms with Gasteiger partial charge in [-0.05, 0) is 12.1 Å². The molecule has 0 aliphatic rings. The molecule has 2 aromatic carbocycles. The van der Waals surface area contributed by atoms with E-state index in [9.17, 15) is 4.79 Å². The van der Waals surface area contributed by atoms with E-state index in [4.69, 9.17) is 32.9 Å². The number of carbonyl (C=O) groups excluding carboxylic acids is 1. The van der Waals surface area contributed by atoms with E-state index in [0.29, 0.717) is 27.8 Å². The molecule has 2 aromatic rings. The number of rotatable bonds is 4. The zero-order valence-corrected chi connectivity index (χ0v) is 13.0. The molecule has 0 unspecified atom stereocenters. The summed E-state index contributed by atoms with van der Waals surface area (Å²) >= 11 is 12.3. The van der Waals surface area contributed by atoms with Crippen LogP contribution in [0.2, 0.25) is 5.02 Å². The topological polar surface area (TPSA) is 38.8 Å². The molecule has 0 aliphatic heterocycles. The van der Waals surface area contributed by atoms with E-state index in [0.717, 1.165) is 4.42 Å². The monoisotopic (exact) mass is 325 g/mol. The second-order valence-electron chi connectivity index (χ2n) is 4.11. The number of methoxy groups -OCH3 is 2. The van der Waals surface area contributed by atoms with Crippen LogP contribution in [-0.2, 0) is 0 Å². The van der Waals surface area contributed by atoms with Crippen molar-refractivity contribution in [3.05, 3.63) is 53.1 Å². The molecule has 21 heavy (non-hydrogen) atoms. The fraction of sp³-hybridized carbons (Fsp3) is 0.133. The Morgan fingerprint density at radius 2 is 1.76 bits per heavy atom. The van der Waals surface area contributed by atoms with Gasteiger partial charge >= 0.3 is 0 Å². The van der Waals surface area contributed by atoms with E-state index < -0.39 is 0 Å². The first-order valence-electron chi connectivity index (χ1n) is 6.05. The average molecular weight is 326 g/mol. The van der Waals surface area contributed by atoms with Crippen molar-refractivity contribution in [2.75, 3.05) is 18.6 Å². The summed E-state index contributed by atoms with van der Waals surface area (Å²) < 4.78 is 11.3. The molecule has 0 heterocycles. The first-order chi connectivity index (χ1) is 10.1. The minimum atomic E-state index is -0.389. The van der Waals surface area contributed by atoms with Gasteiger partial charge in [-0.15, -0.1) is 0 Å². The lowest BCUT2D eigenvalue weighted by molar-refractivity contribution is 0.100. The second-order valence-corrected chi connectivity index (χ2v) is 4.86. The Balaban J connectivity index is 2.45. The predicted octanol–water partition coefficient (Wildman–Crippen LogP) is 4.16. The van der Waals surface area contributed by atoms with Gasteiger partial charge in [0.2, 0.25) is 0 Å². The van der Waals surface area contributed by atoms with Gasteiger partial charge in [0, 0.05) is 29.5 Å². The summed E-state index contributed by atoms with van der Waals surface area (Å²) in [6.07, 6.45) is 0. The standard InChI is InChI=1S/C15H13Cl2NO3/c1-20-11-8-12(16)14(21-2)13(9-11)18(17)15(19)10-6-4-3-5-7-10/h3-9H,1-2H3. The molecule has 0 aromatic heterocycles. The van der Waals surface area contributed by atoms with Gasteiger partial charge in [0.15, 0.2) is 5.75 Å². The molecule has 0 saturated carbocycles. The van der Waals surface area contributed by atoms with E-state index in [2.05, 4.69) is 0 Å². The minimum Gasteiger partial charge on any atom is -0.497 e. The van der Waals surface area contributed by atoms with Crippen molar-refractivity contribution in [1.82, 2.24) is 0 Å². The molecule has 0 atom stereocenters. The molecule has 6 heteroatoms. The van der Waals surface area contributed by atoms with Crippen LogP contribution in [-0.4, -0.2) is 20.1 Å². The Morgan fingerprint density at radius 1 is 1.10 bits per heavy atom. The molecule has 0 radical (unpaired) electrons. The first-order valence-corrected chi connectivity index (χ1v) is 6.77. The van der Waals surface area contributed by atoms with Gasteiger partial charge in [-0.1, -0.05) is 29.8 Å². The summed E-state index contributed by atoms with van der Waals surface area (Å²) in [5.41, 5.74) is 0.769. The van der Waals surface area contributed by atoms with Gasteiger partial charge in [0.25, 0.3) is 5.91 Å². The van der Waals surface area contributed by atoms with Crippen LogP contribution in [0.25, 0.3) is 0 Å². The molecular weight excluding hydrogens is 313 g/mol. The molecule has 0 aliphatic carbocycles. The maximum absolute atomic E-state index is 12.4. The lowest BCUT2D eigenvalue weighted by Gasteiger charge is -2.19. The van der Waals surface area contributed by atoms with Crippen LogP contribution in [0.5, 0.6) is 11.5 Å². The molecule has 0 saturated heterocycles. The summed E-state index contributed by atoms with van der Waals surface area (Å²) in [5, 5.41) is 0.304. The molecule has 0 bridgehead atoms. The van der Waals surface area contributed by atoms with E-state index in [1.807, 2.05) is 6.07 Å². The molecule has 4 nitrogen and oxygen atoms in total. The highest BCUT2D eigenvalue weighted by Gasteiger charge is 2.22. The maximum Gasteiger partial charge on any atom is 0.273 e. The van der Waals surface area contributed by atoms with Gasteiger partial charge in [-0.25, -0.2) is 4.42 Å². The van der Waals surface area contributed by atoms with Gasteiger partial charge in [-0.2, -0.15) is 0 Å². The number of carbonyl (C=O) groups is 1. The predicted molar refractivity (Wildman–Crippen MR) is 83.7 cm³/mol. The van der Waals surface area contributed by atoms with E-state index >= 15 is 0 Å². The molecule has 0 spiro atoms. The molecule has 2 rings (SSSR count). The van der Waals surface area contributed by atoms with Gasteiger partial charge in [-0.3, -0.25) is 4.79 Å². The van der Waals surface area contributed by atoms with Crippen LogP contribution >= 0.6 is 23.4 Å². The number of ether oxygens (including phenoxy) is 2. The number of nitrogens with zero attached hydrogens (tertiary/aromatic N) is 1. The maximum atomic E-state index is 12.4. The van der Waals surface area contributed by atoms with Gasteiger partial charge in [0.1, 0.15) is 11.4 Å². The third-order valence-electron chi connectivity index (χ3n) is 2.85. The third kappa shape index (κ3) is 3.23. The number of halogens is 2. The van der Waals surface area contributed by atoms with Crippen LogP contribution in [0.1, 0.15) is 10.4 Å². The lowest BCUT2D eigenvalue weighted by Crippen LogP contribution is -2.21. The Hall–Kier alpha value is -1.91. The molecule has 1 amide bonds. The number of hydrogen-bond acceptors (Lipinski definition) is 3. The largest absolute Gasteiger partial charge is 0.497 e. The highest BCUT2D eigenvalue weighted by atomic mass is 35.5. The minimum absolute atomic E-state index is 0.303. The summed E-state index contributed by atoms with van der Waals surface area (Å²) in [6.45, 7) is 0. The summed E-state index contributed by atoms with van der Waals surface area (Å²) in [7, 11) is 2.95. The van der Waals surface area contributed by atoms with Crippen LogP contribution in [0.15, 0.2) is 42.5 Å². The van der Waals surface area contributed by atoms with Crippen LogP contribution in [0.3, 0.4) is 0 Å². The Bertz CT molecular complexity index is 647. The van der Waals surface area contributed by atoms with E-state index in [1.54, 1.807) is 36.4 Å². The molecule has 0 fully saturated rings. The summed E-state index contributed by atoms with van der Waals surface area (Å²) in [4.78, 5) is 12.4. The highest BCUT2D eigenvalue weighted by molar-refractivity contribution is 6.40. The average Bonchev–Trinajstić information content (AvgIpc) is 2.53. The number of anilines is 1. The van der Waals surface area contributed by atoms with Crippen LogP contribution in [0.4, 0.5) is 5.69 Å². The smallest absolute Gasteiger partial charge is 0.273 e. The van der Waals surface area contributed by atoms with Crippen molar-refractivity contribution in [1.29, 1.82) is 0 Å². The highest BCUT2D eigenvalue weighted by Crippen LogP contribution is 2.40. The van der Waals surface area contributed by atoms with Gasteiger partial charge < -0.3 is 9.47 Å². The number of benzene rings is 2. The fourth-order valence-electron chi connectivity index (χ4n) is 1.82. The van der Waals surface area contributed by atoms with Crippen LogP contribution < -0.4 is 13.9 Å². The number of amides is 1. The molecular formula is C15H13Cl2NO3. The molecule has 110 valence electrons. The quantitative estimate of drug-likeness (QED) is 0.792. The summed E-state index contributed by atoms with van der Waals surface area (Å²) in [5.74, 6) is 0.388. The second kappa shape index (κ2) is 6.70. The Morgan fingerprint density at radius 3 is 2.33 bits per heavy atom.